The van der Waals surface area contributed by atoms with Crippen LogP contribution in [0.1, 0.15) is 12.0 Å². The van der Waals surface area contributed by atoms with E-state index in [4.69, 9.17) is 4.18 Å². The number of sulfonamides is 1. The van der Waals surface area contributed by atoms with Crippen LogP contribution in [0.5, 0.6) is 5.75 Å². The summed E-state index contributed by atoms with van der Waals surface area (Å²) in [7, 11) is -7.56. The normalized spacial score (nSPS) is 14.9. The SMILES string of the molecule is O=S(=O)(NN1CC=CCC1)c1ccc(N=Cc2ccc(OS(=O)(=O)c3ccccc3)cc2)cc1. The minimum absolute atomic E-state index is 0.0778. The zero-order valence-electron chi connectivity index (χ0n) is 18.1. The Balaban J connectivity index is 1.38. The van der Waals surface area contributed by atoms with Crippen LogP contribution in [-0.4, -0.2) is 41.1 Å². The number of hydrogen-bond donors (Lipinski definition) is 1. The molecule has 3 aromatic rings. The molecular weight excluding hydrogens is 474 g/mol. The minimum Gasteiger partial charge on any atom is -0.379 e. The highest BCUT2D eigenvalue weighted by Gasteiger charge is 2.18. The van der Waals surface area contributed by atoms with Crippen LogP contribution in [-0.2, 0) is 20.1 Å². The van der Waals surface area contributed by atoms with Gasteiger partial charge in [-0.25, -0.2) is 13.4 Å². The first-order valence-corrected chi connectivity index (χ1v) is 13.4. The molecule has 1 aliphatic rings. The van der Waals surface area contributed by atoms with Gasteiger partial charge in [0.2, 0.25) is 0 Å². The van der Waals surface area contributed by atoms with Crippen LogP contribution in [0.15, 0.2) is 106 Å². The van der Waals surface area contributed by atoms with Crippen molar-refractivity contribution in [3.63, 3.8) is 0 Å². The highest BCUT2D eigenvalue weighted by atomic mass is 32.2. The molecule has 0 radical (unpaired) electrons. The van der Waals surface area contributed by atoms with Crippen molar-refractivity contribution in [2.75, 3.05) is 13.1 Å². The molecule has 0 aromatic heterocycles. The maximum Gasteiger partial charge on any atom is 0.339 e. The quantitative estimate of drug-likeness (QED) is 0.289. The van der Waals surface area contributed by atoms with E-state index in [0.29, 0.717) is 18.8 Å². The van der Waals surface area contributed by atoms with Crippen molar-refractivity contribution in [3.8, 4) is 5.75 Å². The topological polar surface area (TPSA) is 105 Å². The Morgan fingerprint density at radius 1 is 0.824 bits per heavy atom. The predicted molar refractivity (Wildman–Crippen MR) is 130 cm³/mol. The summed E-state index contributed by atoms with van der Waals surface area (Å²) >= 11 is 0. The summed E-state index contributed by atoms with van der Waals surface area (Å²) in [5, 5.41) is 1.65. The number of rotatable bonds is 8. The van der Waals surface area contributed by atoms with E-state index in [1.165, 1.54) is 24.3 Å². The molecule has 1 N–H and O–H groups in total. The summed E-state index contributed by atoms with van der Waals surface area (Å²) < 4.78 is 54.9. The van der Waals surface area contributed by atoms with Gasteiger partial charge in [-0.15, -0.1) is 4.83 Å². The van der Waals surface area contributed by atoms with Crippen LogP contribution in [0.3, 0.4) is 0 Å². The number of nitrogens with one attached hydrogen (secondary N) is 1. The molecule has 3 aromatic carbocycles. The van der Waals surface area contributed by atoms with E-state index in [-0.39, 0.29) is 15.5 Å². The van der Waals surface area contributed by atoms with Gasteiger partial charge in [-0.2, -0.15) is 8.42 Å². The van der Waals surface area contributed by atoms with Crippen molar-refractivity contribution in [3.05, 3.63) is 96.6 Å². The molecule has 10 heteroatoms. The van der Waals surface area contributed by atoms with Gasteiger partial charge in [-0.3, -0.25) is 4.99 Å². The average molecular weight is 498 g/mol. The van der Waals surface area contributed by atoms with Crippen LogP contribution in [0.25, 0.3) is 0 Å². The van der Waals surface area contributed by atoms with E-state index < -0.39 is 20.1 Å². The van der Waals surface area contributed by atoms with Gasteiger partial charge < -0.3 is 4.18 Å². The molecule has 8 nitrogen and oxygen atoms in total. The molecule has 4 rings (SSSR count). The van der Waals surface area contributed by atoms with Gasteiger partial charge in [0, 0.05) is 19.3 Å². The van der Waals surface area contributed by atoms with Gasteiger partial charge in [-0.1, -0.05) is 30.4 Å². The number of nitrogens with zero attached hydrogens (tertiary/aromatic N) is 2. The second-order valence-electron chi connectivity index (χ2n) is 7.47. The standard InChI is InChI=1S/C24H23N3O5S2/c28-33(29,26-27-17-5-2-6-18-27)23-15-11-21(12-16-23)25-19-20-9-13-22(14-10-20)32-34(30,31)24-7-3-1-4-8-24/h1-5,7-16,19,26H,6,17-18H2. The van der Waals surface area contributed by atoms with Crippen molar-refractivity contribution in [1.82, 2.24) is 9.84 Å². The molecule has 0 spiro atoms. The second-order valence-corrected chi connectivity index (χ2v) is 10.7. The lowest BCUT2D eigenvalue weighted by Gasteiger charge is -2.23. The highest BCUT2D eigenvalue weighted by molar-refractivity contribution is 7.89. The molecule has 0 fully saturated rings. The predicted octanol–water partition coefficient (Wildman–Crippen LogP) is 3.66. The first-order valence-electron chi connectivity index (χ1n) is 10.5. The second kappa shape index (κ2) is 10.3. The maximum atomic E-state index is 12.5. The zero-order valence-corrected chi connectivity index (χ0v) is 19.7. The Morgan fingerprint density at radius 2 is 1.53 bits per heavy atom. The summed E-state index contributed by atoms with van der Waals surface area (Å²) in [6, 6.07) is 20.6. The monoisotopic (exact) mass is 497 g/mol. The molecule has 0 unspecified atom stereocenters. The first kappa shape index (κ1) is 23.8. The third-order valence-corrected chi connectivity index (χ3v) is 7.59. The van der Waals surface area contributed by atoms with E-state index in [0.717, 1.165) is 12.0 Å². The van der Waals surface area contributed by atoms with Crippen LogP contribution < -0.4 is 9.01 Å². The molecule has 176 valence electrons. The highest BCUT2D eigenvalue weighted by Crippen LogP contribution is 2.20. The molecule has 0 saturated heterocycles. The van der Waals surface area contributed by atoms with Crippen molar-refractivity contribution < 1.29 is 21.0 Å². The van der Waals surface area contributed by atoms with Gasteiger partial charge in [0.05, 0.1) is 10.6 Å². The Hall–Kier alpha value is -3.31. The van der Waals surface area contributed by atoms with E-state index in [9.17, 15) is 16.8 Å². The van der Waals surface area contributed by atoms with Crippen LogP contribution in [0, 0.1) is 0 Å². The summed E-state index contributed by atoms with van der Waals surface area (Å²) in [5.74, 6) is 0.187. The van der Waals surface area contributed by atoms with Gasteiger partial charge in [0.15, 0.2) is 0 Å². The van der Waals surface area contributed by atoms with Gasteiger partial charge in [-0.05, 0) is 72.6 Å². The molecule has 0 saturated carbocycles. The fraction of sp³-hybridized carbons (Fsp3) is 0.125. The van der Waals surface area contributed by atoms with Crippen molar-refractivity contribution in [2.24, 2.45) is 4.99 Å². The molecule has 34 heavy (non-hydrogen) atoms. The number of aliphatic imine (C=N–C) groups is 1. The molecule has 0 amide bonds. The van der Waals surface area contributed by atoms with E-state index in [1.807, 2.05) is 12.2 Å². The Labute approximate surface area is 199 Å². The number of hydrogen-bond acceptors (Lipinski definition) is 7. The molecular formula is C24H23N3O5S2. The number of benzene rings is 3. The molecule has 0 aliphatic carbocycles. The molecule has 1 aliphatic heterocycles. The molecule has 1 heterocycles. The third-order valence-electron chi connectivity index (χ3n) is 4.94. The fourth-order valence-electron chi connectivity index (χ4n) is 3.18. The summed E-state index contributed by atoms with van der Waals surface area (Å²) in [4.78, 5) is 7.16. The Bertz CT molecular complexity index is 1390. The summed E-state index contributed by atoms with van der Waals surface area (Å²) in [6.45, 7) is 1.16. The first-order chi connectivity index (χ1) is 16.3. The zero-order chi connectivity index (χ0) is 24.0. The summed E-state index contributed by atoms with van der Waals surface area (Å²) in [5.41, 5.74) is 1.30. The van der Waals surface area contributed by atoms with Crippen molar-refractivity contribution >= 4 is 32.0 Å². The molecule has 0 bridgehead atoms. The lowest BCUT2D eigenvalue weighted by Crippen LogP contribution is -2.43. The Kier molecular flexibility index (Phi) is 7.23. The van der Waals surface area contributed by atoms with E-state index in [2.05, 4.69) is 9.82 Å². The van der Waals surface area contributed by atoms with Gasteiger partial charge in [0.1, 0.15) is 10.6 Å². The van der Waals surface area contributed by atoms with Crippen molar-refractivity contribution in [1.29, 1.82) is 0 Å². The lowest BCUT2D eigenvalue weighted by molar-refractivity contribution is 0.263. The minimum atomic E-state index is -3.90. The smallest absolute Gasteiger partial charge is 0.339 e. The fourth-order valence-corrected chi connectivity index (χ4v) is 5.24. The third kappa shape index (κ3) is 6.17. The largest absolute Gasteiger partial charge is 0.379 e. The maximum absolute atomic E-state index is 12.5. The summed E-state index contributed by atoms with van der Waals surface area (Å²) in [6.07, 6.45) is 6.33. The van der Waals surface area contributed by atoms with Crippen LogP contribution >= 0.6 is 0 Å². The molecule has 0 atom stereocenters. The van der Waals surface area contributed by atoms with E-state index >= 15 is 0 Å². The lowest BCUT2D eigenvalue weighted by atomic mass is 10.2. The average Bonchev–Trinajstić information content (AvgIpc) is 2.85. The number of hydrazine groups is 1. The van der Waals surface area contributed by atoms with Gasteiger partial charge in [0.25, 0.3) is 10.0 Å². The Morgan fingerprint density at radius 3 is 2.18 bits per heavy atom. The van der Waals surface area contributed by atoms with Crippen LogP contribution in [0.2, 0.25) is 0 Å². The van der Waals surface area contributed by atoms with Gasteiger partial charge >= 0.3 is 10.1 Å². The van der Waals surface area contributed by atoms with E-state index in [1.54, 1.807) is 65.8 Å². The van der Waals surface area contributed by atoms with Crippen LogP contribution in [0.4, 0.5) is 5.69 Å². The van der Waals surface area contributed by atoms with Crippen molar-refractivity contribution in [2.45, 2.75) is 16.2 Å².